The lowest BCUT2D eigenvalue weighted by Gasteiger charge is -2.10. The molecule has 0 rings (SSSR count). The number of carbonyl (C=O) groups excluding carboxylic acids is 1. The average Bonchev–Trinajstić information content (AvgIpc) is 2.19. The molecule has 0 aromatic carbocycles. The minimum absolute atomic E-state index is 0.0648. The van der Waals surface area contributed by atoms with E-state index in [0.717, 1.165) is 0 Å². The minimum Gasteiger partial charge on any atom is -0.545 e. The molecule has 0 spiro atoms. The van der Waals surface area contributed by atoms with E-state index in [1.807, 2.05) is 20.8 Å². The van der Waals surface area contributed by atoms with Crippen molar-refractivity contribution < 1.29 is 23.2 Å². The lowest BCUT2D eigenvalue weighted by molar-refractivity contribution is -0.299. The first kappa shape index (κ1) is 17.7. The van der Waals surface area contributed by atoms with Crippen LogP contribution in [0.2, 0.25) is 0 Å². The van der Waals surface area contributed by atoms with Crippen molar-refractivity contribution in [2.24, 2.45) is 0 Å². The van der Waals surface area contributed by atoms with Gasteiger partial charge in [-0.15, -0.1) is 0 Å². The third kappa shape index (κ3) is 13.3. The van der Waals surface area contributed by atoms with E-state index in [-0.39, 0.29) is 5.57 Å². The van der Waals surface area contributed by atoms with Gasteiger partial charge in [0.15, 0.2) is 0 Å². The van der Waals surface area contributed by atoms with Crippen molar-refractivity contribution in [3.05, 3.63) is 12.2 Å². The molecule has 0 heterocycles. The minimum atomic E-state index is -1.40. The summed E-state index contributed by atoms with van der Waals surface area (Å²) >= 11 is 0. The van der Waals surface area contributed by atoms with Crippen LogP contribution in [0.25, 0.3) is 0 Å². The predicted octanol–water partition coefficient (Wildman–Crippen LogP) is 0.393. The Morgan fingerprint density at radius 2 is 1.38 bits per heavy atom. The smallest absolute Gasteiger partial charge is 0.545 e. The summed E-state index contributed by atoms with van der Waals surface area (Å²) in [5, 5.41) is 9.49. The van der Waals surface area contributed by atoms with E-state index in [1.54, 1.807) is 0 Å². The molecular formula is C10H20O5Si-. The molecule has 6 heteroatoms. The molecule has 0 N–H and O–H groups in total. The van der Waals surface area contributed by atoms with E-state index < -0.39 is 15.5 Å². The highest BCUT2D eigenvalue weighted by Gasteiger charge is 2.15. The zero-order chi connectivity index (χ0) is 13.0. The molecule has 95 valence electrons. The fraction of sp³-hybridized carbons (Fsp3) is 0.700. The van der Waals surface area contributed by atoms with Gasteiger partial charge in [-0.25, -0.2) is 0 Å². The van der Waals surface area contributed by atoms with Gasteiger partial charge in [0.05, 0.1) is 5.97 Å². The van der Waals surface area contributed by atoms with Gasteiger partial charge < -0.3 is 23.2 Å². The Morgan fingerprint density at radius 3 is 1.50 bits per heavy atom. The molecule has 0 fully saturated rings. The normalized spacial score (nSPS) is 9.56. The monoisotopic (exact) mass is 248 g/mol. The van der Waals surface area contributed by atoms with E-state index in [1.165, 1.54) is 6.92 Å². The van der Waals surface area contributed by atoms with Crippen LogP contribution in [-0.2, 0) is 18.1 Å². The Kier molecular flexibility index (Phi) is 13.7. The van der Waals surface area contributed by atoms with Crippen molar-refractivity contribution in [3.63, 3.8) is 0 Å². The summed E-state index contributed by atoms with van der Waals surface area (Å²) in [7, 11) is -1.40. The van der Waals surface area contributed by atoms with Gasteiger partial charge in [0.1, 0.15) is 0 Å². The Labute approximate surface area is 99.0 Å². The van der Waals surface area contributed by atoms with Gasteiger partial charge in [0.25, 0.3) is 0 Å². The fourth-order valence-electron chi connectivity index (χ4n) is 0.479. The number of hydrogen-bond donors (Lipinski definition) is 0. The highest BCUT2D eigenvalue weighted by Crippen LogP contribution is 1.91. The third-order valence-electron chi connectivity index (χ3n) is 1.14. The van der Waals surface area contributed by atoms with E-state index in [4.69, 9.17) is 13.3 Å². The number of hydrogen-bond acceptors (Lipinski definition) is 5. The van der Waals surface area contributed by atoms with Crippen molar-refractivity contribution in [2.45, 2.75) is 27.7 Å². The van der Waals surface area contributed by atoms with Crippen LogP contribution in [-0.4, -0.2) is 35.3 Å². The first-order valence-electron chi connectivity index (χ1n) is 5.11. The molecule has 0 aromatic rings. The van der Waals surface area contributed by atoms with Gasteiger partial charge in [-0.3, -0.25) is 0 Å². The first-order valence-corrected chi connectivity index (χ1v) is 6.34. The molecule has 0 saturated heterocycles. The maximum atomic E-state index is 9.49. The molecule has 5 nitrogen and oxygen atoms in total. The van der Waals surface area contributed by atoms with E-state index >= 15 is 0 Å². The second-order valence-electron chi connectivity index (χ2n) is 2.62. The molecule has 0 unspecified atom stereocenters. The topological polar surface area (TPSA) is 67.8 Å². The standard InChI is InChI=1S/C6H15O3Si.C4H6O2/c1-4-7-10(8-5-2)9-6-3;1-3(2)4(5)6/h4-6H2,1-3H3;1H2,2H3,(H,5,6)/p-1. The Bertz CT molecular complexity index is 169. The van der Waals surface area contributed by atoms with Gasteiger partial charge in [0.2, 0.25) is 0 Å². The molecule has 0 bridgehead atoms. The maximum Gasteiger partial charge on any atom is 0.577 e. The molecular weight excluding hydrogens is 228 g/mol. The van der Waals surface area contributed by atoms with Gasteiger partial charge in [0, 0.05) is 19.8 Å². The van der Waals surface area contributed by atoms with Crippen LogP contribution >= 0.6 is 0 Å². The second kappa shape index (κ2) is 12.4. The molecule has 0 aliphatic heterocycles. The molecule has 0 aliphatic carbocycles. The van der Waals surface area contributed by atoms with Crippen LogP contribution in [0.4, 0.5) is 0 Å². The number of carbonyl (C=O) groups is 1. The van der Waals surface area contributed by atoms with Crippen molar-refractivity contribution in [3.8, 4) is 0 Å². The van der Waals surface area contributed by atoms with Crippen LogP contribution in [0.15, 0.2) is 12.2 Å². The van der Waals surface area contributed by atoms with Gasteiger partial charge >= 0.3 is 9.53 Å². The highest BCUT2D eigenvalue weighted by molar-refractivity contribution is 6.36. The van der Waals surface area contributed by atoms with Crippen molar-refractivity contribution in [1.29, 1.82) is 0 Å². The van der Waals surface area contributed by atoms with Crippen LogP contribution < -0.4 is 5.11 Å². The van der Waals surface area contributed by atoms with Gasteiger partial charge in [-0.2, -0.15) is 0 Å². The molecule has 0 saturated carbocycles. The zero-order valence-electron chi connectivity index (χ0n) is 10.4. The lowest BCUT2D eigenvalue weighted by Crippen LogP contribution is -2.27. The van der Waals surface area contributed by atoms with Crippen LogP contribution in [0.1, 0.15) is 27.7 Å². The van der Waals surface area contributed by atoms with Crippen LogP contribution in [0.3, 0.4) is 0 Å². The quantitative estimate of drug-likeness (QED) is 0.482. The molecule has 16 heavy (non-hydrogen) atoms. The van der Waals surface area contributed by atoms with Gasteiger partial charge in [-0.05, 0) is 33.3 Å². The summed E-state index contributed by atoms with van der Waals surface area (Å²) < 4.78 is 15.5. The average molecular weight is 248 g/mol. The molecule has 0 aliphatic rings. The molecule has 0 atom stereocenters. The summed E-state index contributed by atoms with van der Waals surface area (Å²) in [6.07, 6.45) is 0. The number of rotatable bonds is 7. The number of carboxylic acid groups (broad SMARTS) is 1. The summed E-state index contributed by atoms with van der Waals surface area (Å²) in [5.41, 5.74) is 0.0648. The Morgan fingerprint density at radius 1 is 1.12 bits per heavy atom. The van der Waals surface area contributed by atoms with Crippen molar-refractivity contribution in [2.75, 3.05) is 19.8 Å². The van der Waals surface area contributed by atoms with E-state index in [0.29, 0.717) is 19.8 Å². The predicted molar refractivity (Wildman–Crippen MR) is 60.5 cm³/mol. The van der Waals surface area contributed by atoms with Gasteiger partial charge in [-0.1, -0.05) is 6.58 Å². The zero-order valence-corrected chi connectivity index (χ0v) is 11.4. The van der Waals surface area contributed by atoms with E-state index in [9.17, 15) is 9.90 Å². The summed E-state index contributed by atoms with van der Waals surface area (Å²) in [6.45, 7) is 12.3. The summed E-state index contributed by atoms with van der Waals surface area (Å²) in [6, 6.07) is 0. The van der Waals surface area contributed by atoms with E-state index in [2.05, 4.69) is 6.58 Å². The van der Waals surface area contributed by atoms with Crippen LogP contribution in [0, 0.1) is 0 Å². The maximum absolute atomic E-state index is 9.49. The third-order valence-corrected chi connectivity index (χ3v) is 2.71. The molecule has 0 amide bonds. The molecule has 1 radical (unpaired) electrons. The lowest BCUT2D eigenvalue weighted by atomic mass is 10.4. The number of carboxylic acids is 1. The Hall–Kier alpha value is -0.693. The fourth-order valence-corrected chi connectivity index (χ4v) is 1.44. The van der Waals surface area contributed by atoms with Crippen molar-refractivity contribution in [1.82, 2.24) is 0 Å². The van der Waals surface area contributed by atoms with Crippen LogP contribution in [0.5, 0.6) is 0 Å². The summed E-state index contributed by atoms with van der Waals surface area (Å²) in [5.74, 6) is -1.19. The van der Waals surface area contributed by atoms with Crippen molar-refractivity contribution >= 4 is 15.5 Å². The first-order chi connectivity index (χ1) is 7.49. The number of aliphatic carboxylic acids is 1. The second-order valence-corrected chi connectivity index (χ2v) is 3.98. The SMILES string of the molecule is C=C(C)C(=O)[O-].CCO[Si](OCC)OCC. The molecule has 0 aromatic heterocycles. The highest BCUT2D eigenvalue weighted by atomic mass is 28.3. The Balaban J connectivity index is 0. The largest absolute Gasteiger partial charge is 0.577 e. The summed E-state index contributed by atoms with van der Waals surface area (Å²) in [4.78, 5) is 9.49.